The van der Waals surface area contributed by atoms with Gasteiger partial charge in [0.15, 0.2) is 5.69 Å². The minimum Gasteiger partial charge on any atom is -0.326 e. The van der Waals surface area contributed by atoms with Crippen molar-refractivity contribution in [3.05, 3.63) is 89.6 Å². The van der Waals surface area contributed by atoms with Crippen LogP contribution in [0.4, 0.5) is 5.69 Å². The topological polar surface area (TPSA) is 60.2 Å². The zero-order valence-electron chi connectivity index (χ0n) is 15.0. The molecule has 2 aromatic carbocycles. The minimum absolute atomic E-state index is 0.0704. The van der Waals surface area contributed by atoms with Crippen molar-refractivity contribution in [3.63, 3.8) is 0 Å². The Balaban J connectivity index is 1.98. The molecule has 0 amide bonds. The van der Waals surface area contributed by atoms with E-state index in [1.54, 1.807) is 13.1 Å². The predicted molar refractivity (Wildman–Crippen MR) is 108 cm³/mol. The van der Waals surface area contributed by atoms with E-state index >= 15 is 0 Å². The molecule has 0 saturated carbocycles. The van der Waals surface area contributed by atoms with E-state index in [2.05, 4.69) is 12.1 Å². The van der Waals surface area contributed by atoms with Crippen LogP contribution in [0.2, 0.25) is 0 Å². The number of rotatable bonds is 6. The lowest BCUT2D eigenvalue weighted by molar-refractivity contribution is 0.511. The van der Waals surface area contributed by atoms with Crippen molar-refractivity contribution < 1.29 is 8.42 Å². The van der Waals surface area contributed by atoms with Crippen LogP contribution in [0.15, 0.2) is 78.5 Å². The fourth-order valence-corrected chi connectivity index (χ4v) is 4.82. The van der Waals surface area contributed by atoms with Crippen LogP contribution in [-0.2, 0) is 16.4 Å². The van der Waals surface area contributed by atoms with E-state index in [-0.39, 0.29) is 9.64 Å². The molecule has 1 aliphatic heterocycles. The molecule has 0 radical (unpaired) electrons. The van der Waals surface area contributed by atoms with E-state index in [0.717, 1.165) is 23.2 Å². The van der Waals surface area contributed by atoms with E-state index in [1.165, 1.54) is 5.56 Å². The van der Waals surface area contributed by atoms with Crippen molar-refractivity contribution in [2.24, 2.45) is 5.73 Å². The van der Waals surface area contributed by atoms with Crippen molar-refractivity contribution in [1.29, 1.82) is 0 Å². The van der Waals surface area contributed by atoms with Gasteiger partial charge in [-0.15, -0.1) is 0 Å². The summed E-state index contributed by atoms with van der Waals surface area (Å²) >= 11 is 0. The van der Waals surface area contributed by atoms with Gasteiger partial charge in [0.25, 0.3) is 0 Å². The van der Waals surface area contributed by atoms with Crippen LogP contribution in [-0.4, -0.2) is 27.3 Å². The smallest absolute Gasteiger partial charge is 0.306 e. The van der Waals surface area contributed by atoms with Crippen molar-refractivity contribution >= 4 is 15.7 Å². The number of nitrogens with two attached hydrogens (primary N) is 1. The predicted octanol–water partition coefficient (Wildman–Crippen LogP) is 3.35. The Kier molecular flexibility index (Phi) is 5.41. The summed E-state index contributed by atoms with van der Waals surface area (Å²) in [5.41, 5.74) is 9.74. The number of sulfonamides is 1. The second-order valence-corrected chi connectivity index (χ2v) is 8.88. The van der Waals surface area contributed by atoms with Crippen LogP contribution in [0.3, 0.4) is 0 Å². The average molecular weight is 370 g/mol. The van der Waals surface area contributed by atoms with Gasteiger partial charge in [-0.05, 0) is 30.5 Å². The maximum atomic E-state index is 13.0. The highest BCUT2D eigenvalue weighted by Gasteiger charge is 2.42. The second-order valence-electron chi connectivity index (χ2n) is 6.49. The normalized spacial score (nSPS) is 20.0. The Morgan fingerprint density at radius 2 is 1.65 bits per heavy atom. The molecular formula is C21H25N2O2S+. The average Bonchev–Trinajstić information content (AvgIpc) is 2.69. The zero-order chi connectivity index (χ0) is 18.6. The Hall–Kier alpha value is -2.21. The van der Waals surface area contributed by atoms with Gasteiger partial charge in [0, 0.05) is 24.3 Å². The lowest BCUT2D eigenvalue weighted by atomic mass is 10.0. The van der Waals surface area contributed by atoms with Gasteiger partial charge in [-0.3, -0.25) is 0 Å². The SMILES string of the molecule is CCS(=O)(=O)[N+]1(c2ccc(Cc3ccccc3)cc2)C=C(CN)C=CC1. The van der Waals surface area contributed by atoms with Crippen LogP contribution in [0.25, 0.3) is 0 Å². The van der Waals surface area contributed by atoms with Crippen molar-refractivity contribution in [2.75, 3.05) is 18.8 Å². The summed E-state index contributed by atoms with van der Waals surface area (Å²) in [6.45, 7) is 2.40. The molecule has 4 nitrogen and oxygen atoms in total. The van der Waals surface area contributed by atoms with Crippen molar-refractivity contribution in [1.82, 2.24) is 3.89 Å². The Morgan fingerprint density at radius 3 is 2.27 bits per heavy atom. The Bertz CT molecular complexity index is 916. The standard InChI is InChI=1S/C21H25N2O2S/c1-2-26(24,25)23(14-6-9-20(16-22)17-23)21-12-10-19(11-13-21)15-18-7-4-3-5-8-18/h3-13,17H,2,14-16,22H2,1H3/q+1. The van der Waals surface area contributed by atoms with E-state index < -0.39 is 10.0 Å². The number of quaternary nitrogens is 1. The Morgan fingerprint density at radius 1 is 1.00 bits per heavy atom. The summed E-state index contributed by atoms with van der Waals surface area (Å²) in [6, 6.07) is 18.1. The molecular weight excluding hydrogens is 344 g/mol. The maximum absolute atomic E-state index is 13.0. The molecule has 0 saturated heterocycles. The summed E-state index contributed by atoms with van der Waals surface area (Å²) in [6.07, 6.45) is 6.41. The summed E-state index contributed by atoms with van der Waals surface area (Å²) in [4.78, 5) is 0. The molecule has 0 bridgehead atoms. The fourth-order valence-electron chi connectivity index (χ4n) is 3.31. The monoisotopic (exact) mass is 369 g/mol. The van der Waals surface area contributed by atoms with Crippen LogP contribution < -0.4 is 9.62 Å². The quantitative estimate of drug-likeness (QED) is 0.795. The zero-order valence-corrected chi connectivity index (χ0v) is 15.8. The van der Waals surface area contributed by atoms with Gasteiger partial charge < -0.3 is 5.73 Å². The van der Waals surface area contributed by atoms with Gasteiger partial charge in [-0.2, -0.15) is 12.3 Å². The molecule has 2 N–H and O–H groups in total. The summed E-state index contributed by atoms with van der Waals surface area (Å²) < 4.78 is 25.7. The third kappa shape index (κ3) is 3.51. The molecule has 1 unspecified atom stereocenters. The van der Waals surface area contributed by atoms with Crippen molar-refractivity contribution in [2.45, 2.75) is 13.3 Å². The number of hydrogen-bond acceptors (Lipinski definition) is 3. The number of hydrogen-bond donors (Lipinski definition) is 1. The van der Waals surface area contributed by atoms with Gasteiger partial charge in [0.05, 0.1) is 5.75 Å². The minimum atomic E-state index is -3.40. The first-order valence-electron chi connectivity index (χ1n) is 8.83. The molecule has 0 aromatic heterocycles. The van der Waals surface area contributed by atoms with Gasteiger partial charge in [0.2, 0.25) is 0 Å². The summed E-state index contributed by atoms with van der Waals surface area (Å²) in [7, 11) is -3.40. The highest BCUT2D eigenvalue weighted by atomic mass is 32.2. The largest absolute Gasteiger partial charge is 0.326 e. The summed E-state index contributed by atoms with van der Waals surface area (Å²) in [5.74, 6) is 0.0704. The first-order chi connectivity index (χ1) is 12.5. The lowest BCUT2D eigenvalue weighted by Gasteiger charge is -2.34. The Labute approximate surface area is 155 Å². The lowest BCUT2D eigenvalue weighted by Crippen LogP contribution is -2.51. The van der Waals surface area contributed by atoms with Gasteiger partial charge in [-0.1, -0.05) is 48.5 Å². The summed E-state index contributed by atoms with van der Waals surface area (Å²) in [5, 5.41) is 0. The molecule has 1 atom stereocenters. The van der Waals surface area contributed by atoms with E-state index in [9.17, 15) is 8.42 Å². The van der Waals surface area contributed by atoms with Crippen molar-refractivity contribution in [3.8, 4) is 0 Å². The third-order valence-electron chi connectivity index (χ3n) is 4.80. The molecule has 0 aliphatic carbocycles. The number of nitrogens with zero attached hydrogens (tertiary/aromatic N) is 1. The van der Waals surface area contributed by atoms with Crippen LogP contribution in [0.1, 0.15) is 18.1 Å². The highest BCUT2D eigenvalue weighted by molar-refractivity contribution is 7.91. The molecule has 5 heteroatoms. The van der Waals surface area contributed by atoms with E-state index in [0.29, 0.717) is 13.1 Å². The van der Waals surface area contributed by atoms with Crippen LogP contribution in [0.5, 0.6) is 0 Å². The van der Waals surface area contributed by atoms with E-state index in [1.807, 2.05) is 54.6 Å². The van der Waals surface area contributed by atoms with Gasteiger partial charge in [0.1, 0.15) is 12.7 Å². The maximum Gasteiger partial charge on any atom is 0.306 e. The van der Waals surface area contributed by atoms with Gasteiger partial charge in [-0.25, -0.2) is 0 Å². The van der Waals surface area contributed by atoms with Gasteiger partial charge >= 0.3 is 10.0 Å². The molecule has 0 spiro atoms. The first kappa shape index (κ1) is 18.6. The molecule has 1 heterocycles. The van der Waals surface area contributed by atoms with E-state index in [4.69, 9.17) is 5.73 Å². The van der Waals surface area contributed by atoms with Crippen LogP contribution >= 0.6 is 0 Å². The molecule has 2 aromatic rings. The molecule has 0 fully saturated rings. The van der Waals surface area contributed by atoms with Crippen LogP contribution in [0, 0.1) is 0 Å². The number of benzene rings is 2. The third-order valence-corrected chi connectivity index (χ3v) is 6.99. The molecule has 136 valence electrons. The molecule has 1 aliphatic rings. The first-order valence-corrected chi connectivity index (χ1v) is 10.4. The highest BCUT2D eigenvalue weighted by Crippen LogP contribution is 2.33. The molecule has 3 rings (SSSR count). The fraction of sp³-hybridized carbons (Fsp3) is 0.238. The molecule has 26 heavy (non-hydrogen) atoms. The second kappa shape index (κ2) is 7.58.